The van der Waals surface area contributed by atoms with Gasteiger partial charge in [0.1, 0.15) is 0 Å². The normalized spacial score (nSPS) is 27.8. The molecule has 1 aromatic rings. The maximum absolute atomic E-state index is 2.47. The molecular formula is C21H32. The van der Waals surface area contributed by atoms with Crippen LogP contribution in [-0.4, -0.2) is 0 Å². The summed E-state index contributed by atoms with van der Waals surface area (Å²) in [6.07, 6.45) is 13.4. The summed E-state index contributed by atoms with van der Waals surface area (Å²) < 4.78 is 0. The van der Waals surface area contributed by atoms with Crippen molar-refractivity contribution < 1.29 is 0 Å². The van der Waals surface area contributed by atoms with E-state index in [0.717, 1.165) is 17.8 Å². The highest BCUT2D eigenvalue weighted by Gasteiger charge is 2.29. The Labute approximate surface area is 131 Å². The van der Waals surface area contributed by atoms with Gasteiger partial charge in [0.25, 0.3) is 0 Å². The zero-order valence-corrected chi connectivity index (χ0v) is 14.3. The summed E-state index contributed by atoms with van der Waals surface area (Å²) in [7, 11) is 0. The van der Waals surface area contributed by atoms with Crippen molar-refractivity contribution in [2.45, 2.75) is 84.5 Å². The third-order valence-electron chi connectivity index (χ3n) is 6.51. The number of hydrogen-bond acceptors (Lipinski definition) is 0. The number of hydrogen-bond donors (Lipinski definition) is 0. The molecule has 0 heteroatoms. The van der Waals surface area contributed by atoms with Crippen LogP contribution in [0.2, 0.25) is 0 Å². The van der Waals surface area contributed by atoms with Gasteiger partial charge in [0.15, 0.2) is 0 Å². The molecule has 0 spiro atoms. The first-order chi connectivity index (χ1) is 10.1. The fraction of sp³-hybridized carbons (Fsp3) is 0.714. The monoisotopic (exact) mass is 284 g/mol. The smallest absolute Gasteiger partial charge is 0.0162 e. The van der Waals surface area contributed by atoms with Gasteiger partial charge in [0.05, 0.1) is 0 Å². The Kier molecular flexibility index (Phi) is 4.72. The van der Waals surface area contributed by atoms with Crippen LogP contribution in [-0.2, 0) is 0 Å². The Bertz CT molecular complexity index is 448. The van der Waals surface area contributed by atoms with Crippen LogP contribution in [0, 0.1) is 32.6 Å². The third-order valence-corrected chi connectivity index (χ3v) is 6.51. The van der Waals surface area contributed by atoms with E-state index in [2.05, 4.69) is 32.9 Å². The average molecular weight is 284 g/mol. The summed E-state index contributed by atoms with van der Waals surface area (Å²) in [5.74, 6) is 2.96. The summed E-state index contributed by atoms with van der Waals surface area (Å²) in [6.45, 7) is 6.81. The second-order valence-electron chi connectivity index (χ2n) is 7.79. The van der Waals surface area contributed by atoms with Gasteiger partial charge in [-0.05, 0) is 86.5 Å². The van der Waals surface area contributed by atoms with Crippen molar-refractivity contribution in [2.75, 3.05) is 0 Å². The first kappa shape index (κ1) is 15.1. The second kappa shape index (κ2) is 6.55. The summed E-state index contributed by atoms with van der Waals surface area (Å²) in [5.41, 5.74) is 6.08. The van der Waals surface area contributed by atoms with Gasteiger partial charge in [-0.15, -0.1) is 0 Å². The Balaban J connectivity index is 1.63. The van der Waals surface area contributed by atoms with Crippen LogP contribution < -0.4 is 0 Å². The highest BCUT2D eigenvalue weighted by Crippen LogP contribution is 2.43. The topological polar surface area (TPSA) is 0 Å². The van der Waals surface area contributed by atoms with Crippen LogP contribution in [0.5, 0.6) is 0 Å². The minimum atomic E-state index is 0.836. The van der Waals surface area contributed by atoms with Crippen LogP contribution in [0.4, 0.5) is 0 Å². The number of rotatable bonds is 2. The Hall–Kier alpha value is -0.780. The van der Waals surface area contributed by atoms with E-state index in [1.54, 1.807) is 5.56 Å². The summed E-state index contributed by atoms with van der Waals surface area (Å²) in [6, 6.07) is 4.93. The van der Waals surface area contributed by atoms with Crippen molar-refractivity contribution in [1.82, 2.24) is 0 Å². The number of aryl methyl sites for hydroxylation is 2. The molecule has 0 saturated heterocycles. The lowest BCUT2D eigenvalue weighted by Gasteiger charge is -2.36. The molecular weight excluding hydrogens is 252 g/mol. The molecule has 3 rings (SSSR count). The molecule has 0 unspecified atom stereocenters. The van der Waals surface area contributed by atoms with Gasteiger partial charge in [-0.25, -0.2) is 0 Å². The molecule has 2 aliphatic carbocycles. The molecule has 21 heavy (non-hydrogen) atoms. The van der Waals surface area contributed by atoms with Crippen LogP contribution in [0.1, 0.15) is 86.0 Å². The standard InChI is InChI=1S/C21H32/c1-15-13-21(14-16(2)17(15)3)20-11-9-19(10-12-20)18-7-5-4-6-8-18/h13-14,18-20H,4-12H2,1-3H3. The largest absolute Gasteiger partial charge is 0.0555 e. The SMILES string of the molecule is Cc1cc(C2CCC(C3CCCCC3)CC2)cc(C)c1C. The van der Waals surface area contributed by atoms with E-state index in [4.69, 9.17) is 0 Å². The summed E-state index contributed by atoms with van der Waals surface area (Å²) in [5, 5.41) is 0. The second-order valence-corrected chi connectivity index (χ2v) is 7.79. The van der Waals surface area contributed by atoms with E-state index in [1.807, 2.05) is 0 Å². The molecule has 0 aliphatic heterocycles. The van der Waals surface area contributed by atoms with E-state index in [1.165, 1.54) is 74.5 Å². The molecule has 0 aromatic heterocycles. The average Bonchev–Trinajstić information content (AvgIpc) is 2.53. The van der Waals surface area contributed by atoms with Gasteiger partial charge in [-0.3, -0.25) is 0 Å². The van der Waals surface area contributed by atoms with Gasteiger partial charge < -0.3 is 0 Å². The van der Waals surface area contributed by atoms with Gasteiger partial charge in [0, 0.05) is 0 Å². The van der Waals surface area contributed by atoms with E-state index >= 15 is 0 Å². The van der Waals surface area contributed by atoms with Crippen LogP contribution in [0.3, 0.4) is 0 Å². The van der Waals surface area contributed by atoms with Gasteiger partial charge in [-0.2, -0.15) is 0 Å². The van der Waals surface area contributed by atoms with Crippen molar-refractivity contribution in [2.24, 2.45) is 11.8 Å². The molecule has 0 N–H and O–H groups in total. The third kappa shape index (κ3) is 3.35. The Morgan fingerprint density at radius 2 is 1.19 bits per heavy atom. The van der Waals surface area contributed by atoms with Gasteiger partial charge in [-0.1, -0.05) is 44.2 Å². The lowest BCUT2D eigenvalue weighted by atomic mass is 9.69. The fourth-order valence-electron chi connectivity index (χ4n) is 4.83. The predicted molar refractivity (Wildman–Crippen MR) is 91.9 cm³/mol. The predicted octanol–water partition coefficient (Wildman–Crippen LogP) is 6.47. The molecule has 0 radical (unpaired) electrons. The van der Waals surface area contributed by atoms with Crippen molar-refractivity contribution in [3.63, 3.8) is 0 Å². The lowest BCUT2D eigenvalue weighted by molar-refractivity contribution is 0.186. The fourth-order valence-corrected chi connectivity index (χ4v) is 4.83. The van der Waals surface area contributed by atoms with E-state index in [9.17, 15) is 0 Å². The van der Waals surface area contributed by atoms with Gasteiger partial charge >= 0.3 is 0 Å². The van der Waals surface area contributed by atoms with Crippen LogP contribution in [0.15, 0.2) is 12.1 Å². The molecule has 2 aliphatic rings. The zero-order valence-electron chi connectivity index (χ0n) is 14.3. The molecule has 0 atom stereocenters. The first-order valence-electron chi connectivity index (χ1n) is 9.23. The van der Waals surface area contributed by atoms with E-state index in [-0.39, 0.29) is 0 Å². The van der Waals surface area contributed by atoms with Crippen LogP contribution >= 0.6 is 0 Å². The van der Waals surface area contributed by atoms with Gasteiger partial charge in [0.2, 0.25) is 0 Å². The quantitative estimate of drug-likeness (QED) is 0.584. The summed E-state index contributed by atoms with van der Waals surface area (Å²) in [4.78, 5) is 0. The minimum absolute atomic E-state index is 0.836. The summed E-state index contributed by atoms with van der Waals surface area (Å²) >= 11 is 0. The van der Waals surface area contributed by atoms with Crippen molar-refractivity contribution in [1.29, 1.82) is 0 Å². The molecule has 0 amide bonds. The maximum Gasteiger partial charge on any atom is -0.0162 e. The lowest BCUT2D eigenvalue weighted by Crippen LogP contribution is -2.23. The van der Waals surface area contributed by atoms with Crippen molar-refractivity contribution >= 4 is 0 Å². The molecule has 2 fully saturated rings. The highest BCUT2D eigenvalue weighted by atomic mass is 14.3. The maximum atomic E-state index is 2.47. The molecule has 0 nitrogen and oxygen atoms in total. The molecule has 1 aromatic carbocycles. The van der Waals surface area contributed by atoms with E-state index in [0.29, 0.717) is 0 Å². The first-order valence-corrected chi connectivity index (χ1v) is 9.23. The molecule has 0 bridgehead atoms. The zero-order chi connectivity index (χ0) is 14.8. The Morgan fingerprint density at radius 3 is 1.76 bits per heavy atom. The van der Waals surface area contributed by atoms with Crippen molar-refractivity contribution in [3.8, 4) is 0 Å². The van der Waals surface area contributed by atoms with Crippen molar-refractivity contribution in [3.05, 3.63) is 34.4 Å². The molecule has 0 heterocycles. The number of benzene rings is 1. The van der Waals surface area contributed by atoms with E-state index < -0.39 is 0 Å². The minimum Gasteiger partial charge on any atom is -0.0555 e. The van der Waals surface area contributed by atoms with Crippen LogP contribution in [0.25, 0.3) is 0 Å². The molecule has 2 saturated carbocycles. The Morgan fingerprint density at radius 1 is 0.667 bits per heavy atom. The highest BCUT2D eigenvalue weighted by molar-refractivity contribution is 5.38. The molecule has 116 valence electrons.